The Kier molecular flexibility index (Phi) is 19.4. The molecular weight excluding hydrogens is 663 g/mol. The molecule has 0 radical (unpaired) electrons. The van der Waals surface area contributed by atoms with Gasteiger partial charge in [-0.2, -0.15) is 0 Å². The van der Waals surface area contributed by atoms with Gasteiger partial charge in [0.15, 0.2) is 5.78 Å². The molecule has 4 aromatic carbocycles. The molecule has 0 aliphatic carbocycles. The van der Waals surface area contributed by atoms with Crippen molar-refractivity contribution in [2.75, 3.05) is 13.6 Å². The van der Waals surface area contributed by atoms with E-state index in [1.54, 1.807) is 6.92 Å². The van der Waals surface area contributed by atoms with Crippen molar-refractivity contribution < 1.29 is 24.0 Å². The van der Waals surface area contributed by atoms with Crippen molar-refractivity contribution in [3.8, 4) is 0 Å². The Morgan fingerprint density at radius 3 is 1.28 bits per heavy atom. The molecule has 2 N–H and O–H groups in total. The maximum absolute atomic E-state index is 12.7. The Bertz CT molecular complexity index is 1840. The third-order valence-electron chi connectivity index (χ3n) is 8.47. The Labute approximate surface area is 316 Å². The number of benzene rings is 4. The lowest BCUT2D eigenvalue weighted by Gasteiger charge is -2.15. The van der Waals surface area contributed by atoms with Crippen molar-refractivity contribution in [3.63, 3.8) is 0 Å². The smallest absolute Gasteiger partial charge is 0.295 e. The number of hydrogen-bond acceptors (Lipinski definition) is 7. The third kappa shape index (κ3) is 13.3. The van der Waals surface area contributed by atoms with E-state index in [0.717, 1.165) is 80.9 Å². The molecule has 0 fully saturated rings. The van der Waals surface area contributed by atoms with Crippen LogP contribution in [0.5, 0.6) is 0 Å². The summed E-state index contributed by atoms with van der Waals surface area (Å²) in [5, 5.41) is 0.834. The number of ketones is 4. The number of aliphatic imine (C=N–C) groups is 1. The number of amides is 1. The predicted molar refractivity (Wildman–Crippen MR) is 217 cm³/mol. The predicted octanol–water partition coefficient (Wildman–Crippen LogP) is 8.54. The van der Waals surface area contributed by atoms with Crippen LogP contribution in [0, 0.1) is 13.8 Å². The molecule has 0 spiro atoms. The summed E-state index contributed by atoms with van der Waals surface area (Å²) in [4.78, 5) is 64.1. The summed E-state index contributed by atoms with van der Waals surface area (Å²) < 4.78 is 0. The van der Waals surface area contributed by atoms with Crippen LogP contribution >= 0.6 is 0 Å². The SMILES string of the molecule is C.CC(=O)c1ccccc1.CCc1cc(C)cc(CC)c1C(=O)C(=O)CN=C(C)c1ccccc1.CCc1cc(C)cc(CC)c1C(=O)C(=O)N(C)N. The fraction of sp³-hybridized carbons (Fsp3) is 0.333. The van der Waals surface area contributed by atoms with E-state index in [0.29, 0.717) is 11.1 Å². The normalized spacial score (nSPS) is 10.4. The van der Waals surface area contributed by atoms with E-state index in [4.69, 9.17) is 5.84 Å². The zero-order valence-corrected chi connectivity index (χ0v) is 32.1. The summed E-state index contributed by atoms with van der Waals surface area (Å²) in [5.74, 6) is 3.40. The highest BCUT2D eigenvalue weighted by atomic mass is 16.2. The maximum Gasteiger partial charge on any atom is 0.308 e. The fourth-order valence-corrected chi connectivity index (χ4v) is 5.69. The van der Waals surface area contributed by atoms with Crippen molar-refractivity contribution >= 4 is 34.8 Å². The molecule has 0 atom stereocenters. The highest BCUT2D eigenvalue weighted by molar-refractivity contribution is 6.45. The van der Waals surface area contributed by atoms with Gasteiger partial charge in [0.05, 0.1) is 0 Å². The third-order valence-corrected chi connectivity index (χ3v) is 8.47. The van der Waals surface area contributed by atoms with Crippen molar-refractivity contribution in [2.45, 2.75) is 88.5 Å². The zero-order chi connectivity index (χ0) is 39.0. The van der Waals surface area contributed by atoms with Crippen molar-refractivity contribution in [1.82, 2.24) is 5.01 Å². The molecule has 0 heterocycles. The van der Waals surface area contributed by atoms with Crippen LogP contribution in [-0.2, 0) is 35.3 Å². The second kappa shape index (κ2) is 22.6. The number of hydrazine groups is 1. The van der Waals surface area contributed by atoms with Gasteiger partial charge >= 0.3 is 5.91 Å². The van der Waals surface area contributed by atoms with E-state index in [1.807, 2.05) is 133 Å². The Hall–Kier alpha value is -5.34. The molecule has 0 unspecified atom stereocenters. The number of aryl methyl sites for hydroxylation is 6. The van der Waals surface area contributed by atoms with E-state index in [2.05, 4.69) is 4.99 Å². The molecule has 4 rings (SSSR count). The van der Waals surface area contributed by atoms with Gasteiger partial charge in [0.2, 0.25) is 11.6 Å². The van der Waals surface area contributed by atoms with E-state index < -0.39 is 23.3 Å². The molecule has 8 heteroatoms. The highest BCUT2D eigenvalue weighted by Gasteiger charge is 2.24. The summed E-state index contributed by atoms with van der Waals surface area (Å²) >= 11 is 0. The monoisotopic (exact) mass is 719 g/mol. The van der Waals surface area contributed by atoms with Crippen molar-refractivity contribution in [1.29, 1.82) is 0 Å². The molecule has 0 aliphatic heterocycles. The minimum Gasteiger partial charge on any atom is -0.295 e. The summed E-state index contributed by atoms with van der Waals surface area (Å²) in [7, 11) is 1.38. The van der Waals surface area contributed by atoms with E-state index in [-0.39, 0.29) is 19.8 Å². The highest BCUT2D eigenvalue weighted by Crippen LogP contribution is 2.22. The lowest BCUT2D eigenvalue weighted by atomic mass is 9.91. The molecule has 0 saturated carbocycles. The molecular formula is C45H57N3O5. The number of carbonyl (C=O) groups excluding carboxylic acids is 5. The van der Waals surface area contributed by atoms with Gasteiger partial charge in [-0.3, -0.25) is 34.0 Å². The Morgan fingerprint density at radius 2 is 0.962 bits per heavy atom. The number of carbonyl (C=O) groups is 5. The van der Waals surface area contributed by atoms with E-state index >= 15 is 0 Å². The largest absolute Gasteiger partial charge is 0.308 e. The van der Waals surface area contributed by atoms with Crippen LogP contribution in [-0.4, -0.2) is 53.4 Å². The fourth-order valence-electron chi connectivity index (χ4n) is 5.69. The second-order valence-corrected chi connectivity index (χ2v) is 12.5. The van der Waals surface area contributed by atoms with Crippen LogP contribution in [0.15, 0.2) is 89.9 Å². The van der Waals surface area contributed by atoms with Crippen LogP contribution in [0.3, 0.4) is 0 Å². The first-order chi connectivity index (χ1) is 24.7. The van der Waals surface area contributed by atoms with Crippen molar-refractivity contribution in [2.24, 2.45) is 10.8 Å². The summed E-state index contributed by atoms with van der Waals surface area (Å²) in [6, 6.07) is 26.8. The van der Waals surface area contributed by atoms with Crippen LogP contribution in [0.2, 0.25) is 0 Å². The molecule has 0 bridgehead atoms. The van der Waals surface area contributed by atoms with Crippen LogP contribution in [0.1, 0.15) is 119 Å². The Morgan fingerprint density at radius 1 is 0.604 bits per heavy atom. The summed E-state index contributed by atoms with van der Waals surface area (Å²) in [5.41, 5.74) is 9.53. The molecule has 53 heavy (non-hydrogen) atoms. The van der Waals surface area contributed by atoms with Gasteiger partial charge < -0.3 is 0 Å². The lowest BCUT2D eigenvalue weighted by Crippen LogP contribution is -2.39. The van der Waals surface area contributed by atoms with Gasteiger partial charge in [0.25, 0.3) is 5.78 Å². The average molecular weight is 720 g/mol. The quantitative estimate of drug-likeness (QED) is 0.0391. The molecule has 282 valence electrons. The molecule has 8 nitrogen and oxygen atoms in total. The van der Waals surface area contributed by atoms with Gasteiger partial charge in [-0.15, -0.1) is 0 Å². The molecule has 0 saturated heterocycles. The standard InChI is InChI=1S/C22H25NO2.C14H20N2O2.C8H8O.CH4/c1-5-17-12-15(3)13-18(6-2)21(17)22(25)20(24)14-23-16(4)19-10-8-7-9-11-19;1-5-10-7-9(3)8-11(6-2)12(10)13(17)14(18)16(4)15;1-7(9)8-5-3-2-4-6-8;/h7-13H,5-6,14H2,1-4H3;7-8H,5-6,15H2,1-4H3;2-6H,1H3;1H4. The first kappa shape index (κ1) is 45.7. The Balaban J connectivity index is 0.000000437. The van der Waals surface area contributed by atoms with Crippen LogP contribution < -0.4 is 5.84 Å². The number of hydrogen-bond donors (Lipinski definition) is 1. The van der Waals surface area contributed by atoms with Gasteiger partial charge in [0, 0.05) is 29.4 Å². The molecule has 0 aromatic heterocycles. The average Bonchev–Trinajstić information content (AvgIpc) is 3.16. The second-order valence-electron chi connectivity index (χ2n) is 12.5. The first-order valence-electron chi connectivity index (χ1n) is 17.7. The molecule has 1 amide bonds. The number of likely N-dealkylation sites (N-methyl/N-ethyl adjacent to an activating group) is 1. The van der Waals surface area contributed by atoms with Gasteiger partial charge in [-0.05, 0) is 81.2 Å². The maximum atomic E-state index is 12.7. The van der Waals surface area contributed by atoms with E-state index in [1.165, 1.54) is 7.05 Å². The molecule has 0 aliphatic rings. The number of Topliss-reactive ketones (excluding diaryl/α,β-unsaturated/α-hetero) is 4. The van der Waals surface area contributed by atoms with E-state index in [9.17, 15) is 24.0 Å². The number of nitrogens with two attached hydrogens (primary N) is 1. The summed E-state index contributed by atoms with van der Waals surface area (Å²) in [6.45, 7) is 15.3. The first-order valence-corrected chi connectivity index (χ1v) is 17.7. The lowest BCUT2D eigenvalue weighted by molar-refractivity contribution is -0.125. The number of nitrogens with zero attached hydrogens (tertiary/aromatic N) is 2. The minimum atomic E-state index is -0.678. The zero-order valence-electron chi connectivity index (χ0n) is 32.1. The van der Waals surface area contributed by atoms with Crippen molar-refractivity contribution in [3.05, 3.63) is 141 Å². The van der Waals surface area contributed by atoms with Gasteiger partial charge in [-0.1, -0.05) is 131 Å². The van der Waals surface area contributed by atoms with Crippen LogP contribution in [0.4, 0.5) is 0 Å². The van der Waals surface area contributed by atoms with Crippen LogP contribution in [0.25, 0.3) is 0 Å². The molecule has 4 aromatic rings. The minimum absolute atomic E-state index is 0. The summed E-state index contributed by atoms with van der Waals surface area (Å²) in [6.07, 6.45) is 2.90. The number of rotatable bonds is 12. The van der Waals surface area contributed by atoms with Gasteiger partial charge in [-0.25, -0.2) is 5.84 Å². The topological polar surface area (TPSA) is 127 Å². The van der Waals surface area contributed by atoms with Gasteiger partial charge in [0.1, 0.15) is 6.54 Å².